The number of piperidine rings is 1. The average molecular weight is 212 g/mol. The number of likely N-dealkylation sites (tertiary alicyclic amines) is 1. The van der Waals surface area contributed by atoms with E-state index in [1.165, 1.54) is 38.5 Å². The molecule has 0 aromatic heterocycles. The van der Waals surface area contributed by atoms with Crippen LogP contribution >= 0.6 is 0 Å². The lowest BCUT2D eigenvalue weighted by atomic mass is 9.96. The van der Waals surface area contributed by atoms with Gasteiger partial charge in [-0.3, -0.25) is 4.90 Å². The van der Waals surface area contributed by atoms with E-state index in [1.807, 2.05) is 0 Å². The lowest BCUT2D eigenvalue weighted by molar-refractivity contribution is 0.0947. The van der Waals surface area contributed by atoms with Gasteiger partial charge in [0.2, 0.25) is 0 Å². The normalized spacial score (nSPS) is 30.4. The van der Waals surface area contributed by atoms with Crippen LogP contribution in [0.2, 0.25) is 0 Å². The van der Waals surface area contributed by atoms with E-state index in [1.54, 1.807) is 0 Å². The van der Waals surface area contributed by atoms with Gasteiger partial charge < -0.3 is 5.73 Å². The Labute approximate surface area is 95.2 Å². The fraction of sp³-hybridized carbons (Fsp3) is 1.00. The van der Waals surface area contributed by atoms with Crippen LogP contribution in [0.1, 0.15) is 59.3 Å². The van der Waals surface area contributed by atoms with Crippen LogP contribution in [0.3, 0.4) is 0 Å². The monoisotopic (exact) mass is 212 g/mol. The minimum atomic E-state index is 0.382. The summed E-state index contributed by atoms with van der Waals surface area (Å²) in [5.41, 5.74) is 6.17. The van der Waals surface area contributed by atoms with Crippen LogP contribution in [0.5, 0.6) is 0 Å². The van der Waals surface area contributed by atoms with Crippen molar-refractivity contribution in [2.45, 2.75) is 77.4 Å². The van der Waals surface area contributed by atoms with Crippen LogP contribution in [0.15, 0.2) is 0 Å². The highest BCUT2D eigenvalue weighted by atomic mass is 15.2. The Bertz CT molecular complexity index is 160. The van der Waals surface area contributed by atoms with Gasteiger partial charge in [-0.2, -0.15) is 0 Å². The van der Waals surface area contributed by atoms with Crippen molar-refractivity contribution in [2.75, 3.05) is 6.54 Å². The summed E-state index contributed by atoms with van der Waals surface area (Å²) in [5, 5.41) is 0. The fourth-order valence-electron chi connectivity index (χ4n) is 2.66. The molecule has 0 aromatic carbocycles. The van der Waals surface area contributed by atoms with E-state index in [4.69, 9.17) is 5.73 Å². The minimum Gasteiger partial charge on any atom is -0.327 e. The molecule has 3 atom stereocenters. The maximum absolute atomic E-state index is 6.17. The molecule has 90 valence electrons. The molecule has 2 heteroatoms. The summed E-state index contributed by atoms with van der Waals surface area (Å²) < 4.78 is 0. The molecule has 1 aliphatic heterocycles. The van der Waals surface area contributed by atoms with Crippen LogP contribution in [0.25, 0.3) is 0 Å². The molecule has 15 heavy (non-hydrogen) atoms. The van der Waals surface area contributed by atoms with Gasteiger partial charge in [-0.25, -0.2) is 0 Å². The molecule has 2 N–H and O–H groups in total. The zero-order valence-corrected chi connectivity index (χ0v) is 10.7. The van der Waals surface area contributed by atoms with Crippen molar-refractivity contribution in [3.63, 3.8) is 0 Å². The first-order valence-electron chi connectivity index (χ1n) is 6.66. The van der Waals surface area contributed by atoms with Gasteiger partial charge >= 0.3 is 0 Å². The summed E-state index contributed by atoms with van der Waals surface area (Å²) in [6.45, 7) is 8.03. The maximum Gasteiger partial charge on any atom is 0.0168 e. The third-order valence-electron chi connectivity index (χ3n) is 3.75. The number of nitrogens with two attached hydrogens (primary N) is 1. The van der Waals surface area contributed by atoms with E-state index in [-0.39, 0.29) is 0 Å². The molecular formula is C13H28N2. The number of hydrogen-bond donors (Lipinski definition) is 1. The van der Waals surface area contributed by atoms with Crippen molar-refractivity contribution in [1.82, 2.24) is 4.90 Å². The van der Waals surface area contributed by atoms with Gasteiger partial charge in [0, 0.05) is 24.7 Å². The van der Waals surface area contributed by atoms with Crippen molar-refractivity contribution in [2.24, 2.45) is 5.73 Å². The van der Waals surface area contributed by atoms with Gasteiger partial charge in [0.05, 0.1) is 0 Å². The Morgan fingerprint density at radius 2 is 1.87 bits per heavy atom. The number of unbranched alkanes of at least 4 members (excludes halogenated alkanes) is 1. The van der Waals surface area contributed by atoms with Crippen molar-refractivity contribution in [1.29, 1.82) is 0 Å². The minimum absolute atomic E-state index is 0.382. The quantitative estimate of drug-likeness (QED) is 0.759. The lowest BCUT2D eigenvalue weighted by Gasteiger charge is -2.40. The molecule has 3 unspecified atom stereocenters. The predicted molar refractivity (Wildman–Crippen MR) is 67.0 cm³/mol. The van der Waals surface area contributed by atoms with Crippen LogP contribution < -0.4 is 5.73 Å². The van der Waals surface area contributed by atoms with Crippen molar-refractivity contribution in [3.05, 3.63) is 0 Å². The molecule has 1 fully saturated rings. The van der Waals surface area contributed by atoms with Gasteiger partial charge in [0.15, 0.2) is 0 Å². The molecule has 2 nitrogen and oxygen atoms in total. The Balaban J connectivity index is 2.33. The van der Waals surface area contributed by atoms with Gasteiger partial charge in [0.25, 0.3) is 0 Å². The van der Waals surface area contributed by atoms with E-state index in [9.17, 15) is 0 Å². The second-order valence-electron chi connectivity index (χ2n) is 5.23. The molecule has 1 rings (SSSR count). The molecule has 1 saturated heterocycles. The third-order valence-corrected chi connectivity index (χ3v) is 3.75. The summed E-state index contributed by atoms with van der Waals surface area (Å²) in [6.07, 6.45) is 7.82. The number of rotatable bonds is 5. The molecule has 0 saturated carbocycles. The van der Waals surface area contributed by atoms with Gasteiger partial charge in [-0.1, -0.05) is 26.2 Å². The van der Waals surface area contributed by atoms with Crippen molar-refractivity contribution >= 4 is 0 Å². The van der Waals surface area contributed by atoms with Crippen molar-refractivity contribution in [3.8, 4) is 0 Å². The van der Waals surface area contributed by atoms with E-state index in [0.29, 0.717) is 6.04 Å². The number of hydrogen-bond acceptors (Lipinski definition) is 2. The molecule has 0 aliphatic carbocycles. The largest absolute Gasteiger partial charge is 0.327 e. The van der Waals surface area contributed by atoms with Gasteiger partial charge in [0.1, 0.15) is 0 Å². The summed E-state index contributed by atoms with van der Waals surface area (Å²) in [7, 11) is 0. The van der Waals surface area contributed by atoms with Crippen LogP contribution in [0.4, 0.5) is 0 Å². The molecule has 0 radical (unpaired) electrons. The molecular weight excluding hydrogens is 184 g/mol. The SMILES string of the molecule is CCCCC(N)CN1C(C)CCCC1C. The first kappa shape index (κ1) is 13.0. The predicted octanol–water partition coefficient (Wildman–Crippen LogP) is 2.77. The molecule has 1 aliphatic rings. The maximum atomic E-state index is 6.17. The van der Waals surface area contributed by atoms with Gasteiger partial charge in [-0.15, -0.1) is 0 Å². The Morgan fingerprint density at radius 1 is 1.27 bits per heavy atom. The molecule has 0 spiro atoms. The van der Waals surface area contributed by atoms with E-state index in [0.717, 1.165) is 18.6 Å². The van der Waals surface area contributed by atoms with Crippen LogP contribution in [0, 0.1) is 0 Å². The highest BCUT2D eigenvalue weighted by Gasteiger charge is 2.25. The summed E-state index contributed by atoms with van der Waals surface area (Å²) in [4.78, 5) is 2.61. The average Bonchev–Trinajstić information content (AvgIpc) is 2.21. The van der Waals surface area contributed by atoms with Gasteiger partial charge in [-0.05, 0) is 33.1 Å². The van der Waals surface area contributed by atoms with Crippen LogP contribution in [-0.2, 0) is 0 Å². The topological polar surface area (TPSA) is 29.3 Å². The lowest BCUT2D eigenvalue weighted by Crippen LogP contribution is -2.49. The van der Waals surface area contributed by atoms with Crippen LogP contribution in [-0.4, -0.2) is 29.6 Å². The summed E-state index contributed by atoms with van der Waals surface area (Å²) in [5.74, 6) is 0. The zero-order valence-electron chi connectivity index (χ0n) is 10.7. The standard InChI is InChI=1S/C13H28N2/c1-4-5-9-13(14)10-15-11(2)7-6-8-12(15)3/h11-13H,4-10,14H2,1-3H3. The first-order valence-corrected chi connectivity index (χ1v) is 6.66. The number of nitrogens with zero attached hydrogens (tertiary/aromatic N) is 1. The summed E-state index contributed by atoms with van der Waals surface area (Å²) >= 11 is 0. The Hall–Kier alpha value is -0.0800. The summed E-state index contributed by atoms with van der Waals surface area (Å²) in [6, 6.07) is 1.86. The van der Waals surface area contributed by atoms with E-state index < -0.39 is 0 Å². The molecule has 1 heterocycles. The second kappa shape index (κ2) is 6.49. The molecule has 0 bridgehead atoms. The molecule has 0 amide bonds. The van der Waals surface area contributed by atoms with Crippen molar-refractivity contribution < 1.29 is 0 Å². The van der Waals surface area contributed by atoms with E-state index in [2.05, 4.69) is 25.7 Å². The zero-order chi connectivity index (χ0) is 11.3. The Kier molecular flexibility index (Phi) is 5.62. The highest BCUT2D eigenvalue weighted by Crippen LogP contribution is 2.22. The molecule has 0 aromatic rings. The highest BCUT2D eigenvalue weighted by molar-refractivity contribution is 4.82. The fourth-order valence-corrected chi connectivity index (χ4v) is 2.66. The smallest absolute Gasteiger partial charge is 0.0168 e. The second-order valence-corrected chi connectivity index (χ2v) is 5.23. The van der Waals surface area contributed by atoms with E-state index >= 15 is 0 Å². The Morgan fingerprint density at radius 3 is 2.40 bits per heavy atom. The third kappa shape index (κ3) is 4.12. The first-order chi connectivity index (χ1) is 7.15.